The van der Waals surface area contributed by atoms with Crippen LogP contribution >= 0.6 is 22.9 Å². The summed E-state index contributed by atoms with van der Waals surface area (Å²) in [7, 11) is 0. The van der Waals surface area contributed by atoms with E-state index >= 15 is 0 Å². The van der Waals surface area contributed by atoms with E-state index < -0.39 is 5.97 Å². The summed E-state index contributed by atoms with van der Waals surface area (Å²) in [5, 5.41) is 12.7. The fourth-order valence-electron chi connectivity index (χ4n) is 1.58. The molecule has 1 fully saturated rings. The zero-order valence-electron chi connectivity index (χ0n) is 8.21. The standard InChI is InChI=1S/C9H11ClN2O2S/c1-9(3-2-4-9)12-8-11-6(10)5(15-8)7(13)14/h2-4H2,1H3,(H,11,12)(H,13,14). The molecule has 1 aliphatic rings. The minimum Gasteiger partial charge on any atom is -0.477 e. The predicted molar refractivity (Wildman–Crippen MR) is 60.0 cm³/mol. The summed E-state index contributed by atoms with van der Waals surface area (Å²) in [5.41, 5.74) is 0.0664. The second-order valence-electron chi connectivity index (χ2n) is 3.98. The van der Waals surface area contributed by atoms with E-state index in [4.69, 9.17) is 16.7 Å². The highest BCUT2D eigenvalue weighted by Gasteiger charge is 2.32. The number of halogens is 1. The maximum atomic E-state index is 10.7. The number of aromatic carboxylic acids is 1. The number of nitrogens with one attached hydrogen (secondary N) is 1. The molecule has 1 aromatic rings. The highest BCUT2D eigenvalue weighted by atomic mass is 35.5. The number of thiazole rings is 1. The van der Waals surface area contributed by atoms with Gasteiger partial charge in [0.1, 0.15) is 0 Å². The Balaban J connectivity index is 2.16. The normalized spacial score (nSPS) is 18.3. The summed E-state index contributed by atoms with van der Waals surface area (Å²) in [4.78, 5) is 14.8. The van der Waals surface area contributed by atoms with Crippen LogP contribution in [0.25, 0.3) is 0 Å². The SMILES string of the molecule is CC1(Nc2nc(Cl)c(C(=O)O)s2)CCC1. The summed E-state index contributed by atoms with van der Waals surface area (Å²) >= 11 is 6.80. The van der Waals surface area contributed by atoms with Gasteiger partial charge in [-0.3, -0.25) is 0 Å². The Morgan fingerprint density at radius 2 is 2.33 bits per heavy atom. The fourth-order valence-corrected chi connectivity index (χ4v) is 2.75. The lowest BCUT2D eigenvalue weighted by molar-refractivity contribution is 0.0702. The molecule has 82 valence electrons. The minimum atomic E-state index is -1.02. The molecule has 0 bridgehead atoms. The summed E-state index contributed by atoms with van der Waals surface area (Å²) in [5.74, 6) is -1.02. The van der Waals surface area contributed by atoms with Gasteiger partial charge in [-0.25, -0.2) is 9.78 Å². The zero-order valence-corrected chi connectivity index (χ0v) is 9.78. The fraction of sp³-hybridized carbons (Fsp3) is 0.556. The van der Waals surface area contributed by atoms with Crippen molar-refractivity contribution < 1.29 is 9.90 Å². The van der Waals surface area contributed by atoms with Gasteiger partial charge in [-0.2, -0.15) is 0 Å². The van der Waals surface area contributed by atoms with Crippen LogP contribution in [0.3, 0.4) is 0 Å². The van der Waals surface area contributed by atoms with Crippen molar-refractivity contribution in [1.29, 1.82) is 0 Å². The Labute approximate surface area is 96.3 Å². The molecule has 0 spiro atoms. The molecule has 0 unspecified atom stereocenters. The van der Waals surface area contributed by atoms with Crippen LogP contribution in [-0.4, -0.2) is 21.6 Å². The molecule has 0 saturated heterocycles. The van der Waals surface area contributed by atoms with Crippen molar-refractivity contribution in [3.63, 3.8) is 0 Å². The lowest BCUT2D eigenvalue weighted by Crippen LogP contribution is -2.41. The predicted octanol–water partition coefficient (Wildman–Crippen LogP) is 2.85. The number of hydrogen-bond donors (Lipinski definition) is 2. The molecule has 1 heterocycles. The number of rotatable bonds is 3. The maximum Gasteiger partial charge on any atom is 0.349 e. The molecule has 0 atom stereocenters. The van der Waals surface area contributed by atoms with Crippen molar-refractivity contribution in [1.82, 2.24) is 4.98 Å². The van der Waals surface area contributed by atoms with Crippen LogP contribution in [0.5, 0.6) is 0 Å². The van der Waals surface area contributed by atoms with Crippen molar-refractivity contribution in [2.75, 3.05) is 5.32 Å². The van der Waals surface area contributed by atoms with Crippen molar-refractivity contribution in [3.8, 4) is 0 Å². The number of anilines is 1. The molecule has 2 rings (SSSR count). The number of aromatic nitrogens is 1. The van der Waals surface area contributed by atoms with E-state index in [-0.39, 0.29) is 15.6 Å². The Kier molecular flexibility index (Phi) is 2.60. The molecule has 6 heteroatoms. The number of hydrogen-bond acceptors (Lipinski definition) is 4. The molecule has 1 aliphatic carbocycles. The Hall–Kier alpha value is -0.810. The average Bonchev–Trinajstić information content (AvgIpc) is 2.44. The first-order chi connectivity index (χ1) is 7.00. The zero-order chi connectivity index (χ0) is 11.1. The molecule has 0 amide bonds. The average molecular weight is 247 g/mol. The van der Waals surface area contributed by atoms with E-state index in [0.29, 0.717) is 5.13 Å². The molecule has 15 heavy (non-hydrogen) atoms. The lowest BCUT2D eigenvalue weighted by atomic mass is 9.79. The highest BCUT2D eigenvalue weighted by molar-refractivity contribution is 7.18. The van der Waals surface area contributed by atoms with Gasteiger partial charge in [0.05, 0.1) is 0 Å². The van der Waals surface area contributed by atoms with E-state index in [0.717, 1.165) is 24.2 Å². The Morgan fingerprint density at radius 1 is 1.67 bits per heavy atom. The van der Waals surface area contributed by atoms with E-state index in [2.05, 4.69) is 17.2 Å². The Bertz CT molecular complexity index is 401. The molecular weight excluding hydrogens is 236 g/mol. The first-order valence-corrected chi connectivity index (χ1v) is 5.87. The second-order valence-corrected chi connectivity index (χ2v) is 5.34. The first-order valence-electron chi connectivity index (χ1n) is 4.68. The molecule has 1 saturated carbocycles. The van der Waals surface area contributed by atoms with Gasteiger partial charge in [0.2, 0.25) is 0 Å². The van der Waals surface area contributed by atoms with Crippen LogP contribution in [0.15, 0.2) is 0 Å². The molecule has 0 radical (unpaired) electrons. The van der Waals surface area contributed by atoms with Crippen molar-refractivity contribution in [2.24, 2.45) is 0 Å². The molecule has 1 aromatic heterocycles. The van der Waals surface area contributed by atoms with Gasteiger partial charge >= 0.3 is 5.97 Å². The van der Waals surface area contributed by atoms with Crippen LogP contribution in [0.1, 0.15) is 35.9 Å². The summed E-state index contributed by atoms with van der Waals surface area (Å²) in [6.07, 6.45) is 3.38. The second kappa shape index (κ2) is 3.64. The van der Waals surface area contributed by atoms with Gasteiger partial charge in [-0.05, 0) is 26.2 Å². The number of carboxylic acid groups (broad SMARTS) is 1. The third-order valence-electron chi connectivity index (χ3n) is 2.65. The number of carboxylic acids is 1. The number of carbonyl (C=O) groups is 1. The van der Waals surface area contributed by atoms with E-state index in [1.807, 2.05) is 0 Å². The Morgan fingerprint density at radius 3 is 2.73 bits per heavy atom. The van der Waals surface area contributed by atoms with Gasteiger partial charge in [0.25, 0.3) is 0 Å². The summed E-state index contributed by atoms with van der Waals surface area (Å²) in [6.45, 7) is 2.10. The minimum absolute atomic E-state index is 0.0664. The van der Waals surface area contributed by atoms with E-state index in [9.17, 15) is 4.79 Å². The molecule has 4 nitrogen and oxygen atoms in total. The monoisotopic (exact) mass is 246 g/mol. The smallest absolute Gasteiger partial charge is 0.349 e. The molecular formula is C9H11ClN2O2S. The summed E-state index contributed by atoms with van der Waals surface area (Å²) < 4.78 is 0. The van der Waals surface area contributed by atoms with Gasteiger partial charge < -0.3 is 10.4 Å². The summed E-state index contributed by atoms with van der Waals surface area (Å²) in [6, 6.07) is 0. The third-order valence-corrected chi connectivity index (χ3v) is 3.99. The van der Waals surface area contributed by atoms with E-state index in [1.165, 1.54) is 6.42 Å². The molecule has 0 aliphatic heterocycles. The van der Waals surface area contributed by atoms with Crippen LogP contribution in [-0.2, 0) is 0 Å². The van der Waals surface area contributed by atoms with Gasteiger partial charge in [-0.15, -0.1) is 0 Å². The number of nitrogens with zero attached hydrogens (tertiary/aromatic N) is 1. The first kappa shape index (κ1) is 10.7. The van der Waals surface area contributed by atoms with Crippen molar-refractivity contribution in [2.45, 2.75) is 31.7 Å². The van der Waals surface area contributed by atoms with Crippen LogP contribution < -0.4 is 5.32 Å². The largest absolute Gasteiger partial charge is 0.477 e. The van der Waals surface area contributed by atoms with Gasteiger partial charge in [-0.1, -0.05) is 22.9 Å². The van der Waals surface area contributed by atoms with Gasteiger partial charge in [0, 0.05) is 5.54 Å². The molecule has 0 aromatic carbocycles. The van der Waals surface area contributed by atoms with Crippen LogP contribution in [0, 0.1) is 0 Å². The topological polar surface area (TPSA) is 62.2 Å². The molecule has 2 N–H and O–H groups in total. The lowest BCUT2D eigenvalue weighted by Gasteiger charge is -2.38. The van der Waals surface area contributed by atoms with E-state index in [1.54, 1.807) is 0 Å². The van der Waals surface area contributed by atoms with Crippen molar-refractivity contribution >= 4 is 34.0 Å². The highest BCUT2D eigenvalue weighted by Crippen LogP contribution is 2.37. The van der Waals surface area contributed by atoms with Crippen molar-refractivity contribution in [3.05, 3.63) is 10.0 Å². The van der Waals surface area contributed by atoms with Crippen LogP contribution in [0.4, 0.5) is 5.13 Å². The maximum absolute atomic E-state index is 10.7. The third kappa shape index (κ3) is 2.08. The van der Waals surface area contributed by atoms with Crippen LogP contribution in [0.2, 0.25) is 5.15 Å². The quantitative estimate of drug-likeness (QED) is 0.861. The van der Waals surface area contributed by atoms with Gasteiger partial charge in [0.15, 0.2) is 15.2 Å².